The van der Waals surface area contributed by atoms with E-state index in [9.17, 15) is 5.11 Å². The number of benzene rings is 1. The molecule has 0 amide bonds. The van der Waals surface area contributed by atoms with E-state index < -0.39 is 5.60 Å². The van der Waals surface area contributed by atoms with Gasteiger partial charge in [-0.1, -0.05) is 18.9 Å². The van der Waals surface area contributed by atoms with Crippen molar-refractivity contribution in [2.45, 2.75) is 63.4 Å². The molecule has 2 saturated carbocycles. The molecule has 2 heteroatoms. The van der Waals surface area contributed by atoms with E-state index in [0.29, 0.717) is 17.8 Å². The Labute approximate surface area is 145 Å². The predicted molar refractivity (Wildman–Crippen MR) is 96.0 cm³/mol. The van der Waals surface area contributed by atoms with E-state index >= 15 is 0 Å². The molecule has 3 aliphatic carbocycles. The molecule has 0 saturated heterocycles. The van der Waals surface area contributed by atoms with Gasteiger partial charge in [0.25, 0.3) is 0 Å². The molecule has 0 aromatic heterocycles. The molecule has 0 aliphatic heterocycles. The number of hydrogen-bond donors (Lipinski definition) is 1. The van der Waals surface area contributed by atoms with Crippen molar-refractivity contribution in [3.05, 3.63) is 29.3 Å². The first kappa shape index (κ1) is 16.0. The van der Waals surface area contributed by atoms with Gasteiger partial charge in [-0.2, -0.15) is 0 Å². The van der Waals surface area contributed by atoms with E-state index in [1.807, 2.05) is 0 Å². The molecule has 2 fully saturated rings. The second-order valence-electron chi connectivity index (χ2n) is 8.07. The highest BCUT2D eigenvalue weighted by Gasteiger charge is 2.62. The number of hydrogen-bond acceptors (Lipinski definition) is 2. The quantitative estimate of drug-likeness (QED) is 0.822. The summed E-state index contributed by atoms with van der Waals surface area (Å²) in [5.41, 5.74) is 2.03. The lowest BCUT2D eigenvalue weighted by Crippen LogP contribution is -2.51. The van der Waals surface area contributed by atoms with Gasteiger partial charge in [0.2, 0.25) is 0 Å². The van der Waals surface area contributed by atoms with Crippen molar-refractivity contribution < 1.29 is 9.84 Å². The van der Waals surface area contributed by atoms with Crippen molar-refractivity contribution in [2.75, 3.05) is 7.11 Å². The van der Waals surface area contributed by atoms with Crippen LogP contribution >= 0.6 is 0 Å². The fourth-order valence-electron chi connectivity index (χ4n) is 6.47. The summed E-state index contributed by atoms with van der Waals surface area (Å²) in [6, 6.07) is 6.61. The molecule has 5 atom stereocenters. The Morgan fingerprint density at radius 2 is 2.12 bits per heavy atom. The zero-order chi connectivity index (χ0) is 16.9. The van der Waals surface area contributed by atoms with Crippen molar-refractivity contribution in [3.63, 3.8) is 0 Å². The van der Waals surface area contributed by atoms with Gasteiger partial charge in [0, 0.05) is 5.41 Å². The molecule has 0 radical (unpaired) electrons. The molecule has 0 bridgehead atoms. The molecular weight excluding hydrogens is 296 g/mol. The minimum absolute atomic E-state index is 0.0626. The smallest absolute Gasteiger partial charge is 0.131 e. The number of ether oxygens (including phenoxy) is 1. The number of aryl methyl sites for hydroxylation is 1. The molecule has 128 valence electrons. The first-order valence-corrected chi connectivity index (χ1v) is 9.45. The molecule has 1 N–H and O–H groups in total. The molecule has 3 aliphatic rings. The van der Waals surface area contributed by atoms with Crippen molar-refractivity contribution >= 4 is 0 Å². The summed E-state index contributed by atoms with van der Waals surface area (Å²) in [5.74, 6) is 5.63. The van der Waals surface area contributed by atoms with E-state index in [0.717, 1.165) is 44.3 Å². The van der Waals surface area contributed by atoms with E-state index in [-0.39, 0.29) is 5.41 Å². The zero-order valence-corrected chi connectivity index (χ0v) is 14.8. The molecule has 0 unspecified atom stereocenters. The zero-order valence-electron chi connectivity index (χ0n) is 14.8. The predicted octanol–water partition coefficient (Wildman–Crippen LogP) is 4.31. The molecule has 0 heterocycles. The Bertz CT molecular complexity index is 688. The Balaban J connectivity index is 1.71. The normalized spacial score (nSPS) is 40.2. The summed E-state index contributed by atoms with van der Waals surface area (Å²) >= 11 is 0. The fraction of sp³-hybridized carbons (Fsp3) is 0.636. The van der Waals surface area contributed by atoms with Gasteiger partial charge in [-0.25, -0.2) is 0 Å². The molecule has 4 rings (SSSR count). The van der Waals surface area contributed by atoms with Crippen LogP contribution in [0.2, 0.25) is 0 Å². The number of terminal acetylenes is 1. The van der Waals surface area contributed by atoms with Gasteiger partial charge in [0.15, 0.2) is 0 Å². The lowest BCUT2D eigenvalue weighted by molar-refractivity contribution is -0.0799. The van der Waals surface area contributed by atoms with Gasteiger partial charge in [-0.3, -0.25) is 0 Å². The molecule has 1 aromatic rings. The molecular formula is C22H28O2. The van der Waals surface area contributed by atoms with Crippen LogP contribution in [0.5, 0.6) is 5.75 Å². The van der Waals surface area contributed by atoms with Gasteiger partial charge in [0.05, 0.1) is 7.11 Å². The Kier molecular flexibility index (Phi) is 3.69. The molecule has 0 spiro atoms. The highest BCUT2D eigenvalue weighted by Crippen LogP contribution is 2.65. The average Bonchev–Trinajstić information content (AvgIpc) is 2.94. The maximum absolute atomic E-state index is 11.1. The maximum atomic E-state index is 11.1. The van der Waals surface area contributed by atoms with Crippen LogP contribution in [0.3, 0.4) is 0 Å². The van der Waals surface area contributed by atoms with Crippen LogP contribution in [-0.2, 0) is 6.42 Å². The van der Waals surface area contributed by atoms with Gasteiger partial charge in [-0.15, -0.1) is 6.42 Å². The second kappa shape index (κ2) is 5.53. The Morgan fingerprint density at radius 3 is 2.83 bits per heavy atom. The second-order valence-corrected chi connectivity index (χ2v) is 8.07. The Morgan fingerprint density at radius 1 is 1.29 bits per heavy atom. The van der Waals surface area contributed by atoms with Gasteiger partial charge in [0.1, 0.15) is 11.4 Å². The van der Waals surface area contributed by atoms with Crippen LogP contribution < -0.4 is 4.74 Å². The van der Waals surface area contributed by atoms with Gasteiger partial charge in [-0.05, 0) is 86.0 Å². The molecule has 2 nitrogen and oxygen atoms in total. The van der Waals surface area contributed by atoms with E-state index in [1.165, 1.54) is 17.5 Å². The highest BCUT2D eigenvalue weighted by molar-refractivity contribution is 5.41. The Hall–Kier alpha value is -1.46. The first-order chi connectivity index (χ1) is 11.6. The summed E-state index contributed by atoms with van der Waals surface area (Å²) < 4.78 is 5.41. The maximum Gasteiger partial charge on any atom is 0.131 e. The average molecular weight is 324 g/mol. The summed E-state index contributed by atoms with van der Waals surface area (Å²) in [5, 5.41) is 11.1. The molecule has 1 aromatic carbocycles. The topological polar surface area (TPSA) is 29.5 Å². The lowest BCUT2D eigenvalue weighted by atomic mass is 9.52. The minimum atomic E-state index is -0.891. The summed E-state index contributed by atoms with van der Waals surface area (Å²) in [7, 11) is 1.74. The van der Waals surface area contributed by atoms with Crippen molar-refractivity contribution in [1.29, 1.82) is 0 Å². The standard InChI is InChI=1S/C22H28O2/c1-4-21-12-10-18-17-9-7-16(24-3)14-15(17)6-8-19(18)20(21)11-13-22(21,23)5-2/h2,7,9,14,18-20,23H,4,6,8,10-13H2,1,3H3/t18-,19+,20+,21-,22+/m0/s1. The monoisotopic (exact) mass is 324 g/mol. The number of rotatable bonds is 2. The van der Waals surface area contributed by atoms with Gasteiger partial charge >= 0.3 is 0 Å². The summed E-state index contributed by atoms with van der Waals surface area (Å²) in [6.45, 7) is 2.22. The fourth-order valence-corrected chi connectivity index (χ4v) is 6.47. The lowest BCUT2D eigenvalue weighted by Gasteiger charge is -2.53. The third kappa shape index (κ3) is 1.94. The first-order valence-electron chi connectivity index (χ1n) is 9.45. The van der Waals surface area contributed by atoms with Crippen LogP contribution in [0.25, 0.3) is 0 Å². The van der Waals surface area contributed by atoms with Crippen LogP contribution in [0.4, 0.5) is 0 Å². The van der Waals surface area contributed by atoms with Crippen LogP contribution in [0, 0.1) is 29.6 Å². The van der Waals surface area contributed by atoms with Gasteiger partial charge < -0.3 is 9.84 Å². The summed E-state index contributed by atoms with van der Waals surface area (Å²) in [6.07, 6.45) is 13.2. The third-order valence-corrected chi connectivity index (χ3v) is 7.65. The number of aliphatic hydroxyl groups is 1. The number of fused-ring (bicyclic) bond motifs is 5. The van der Waals surface area contributed by atoms with Crippen molar-refractivity contribution in [1.82, 2.24) is 0 Å². The van der Waals surface area contributed by atoms with E-state index in [1.54, 1.807) is 7.11 Å². The minimum Gasteiger partial charge on any atom is -0.497 e. The van der Waals surface area contributed by atoms with E-state index in [4.69, 9.17) is 11.2 Å². The SMILES string of the molecule is C#C[C@@]1(O)CC[C@@H]2[C@@H]3CCc4cc(OC)ccc4[C@@H]3CC[C@@]21CC. The van der Waals surface area contributed by atoms with E-state index in [2.05, 4.69) is 31.0 Å². The molecule has 24 heavy (non-hydrogen) atoms. The van der Waals surface area contributed by atoms with Crippen LogP contribution in [0.1, 0.15) is 62.5 Å². The van der Waals surface area contributed by atoms with Crippen molar-refractivity contribution in [3.8, 4) is 18.1 Å². The largest absolute Gasteiger partial charge is 0.497 e. The van der Waals surface area contributed by atoms with Crippen molar-refractivity contribution in [2.24, 2.45) is 17.3 Å². The number of methoxy groups -OCH3 is 1. The third-order valence-electron chi connectivity index (χ3n) is 7.65. The summed E-state index contributed by atoms with van der Waals surface area (Å²) in [4.78, 5) is 0. The van der Waals surface area contributed by atoms with Crippen LogP contribution in [-0.4, -0.2) is 17.8 Å². The highest BCUT2D eigenvalue weighted by atomic mass is 16.5. The van der Waals surface area contributed by atoms with Crippen LogP contribution in [0.15, 0.2) is 18.2 Å².